The Balaban J connectivity index is 0.00000180. The van der Waals surface area contributed by atoms with Crippen LogP contribution in [0, 0.1) is 5.82 Å². The number of hydrogen-bond donors (Lipinski definition) is 2. The van der Waals surface area contributed by atoms with Gasteiger partial charge >= 0.3 is 0 Å². The molecule has 2 atom stereocenters. The van der Waals surface area contributed by atoms with E-state index in [-0.39, 0.29) is 41.8 Å². The summed E-state index contributed by atoms with van der Waals surface area (Å²) < 4.78 is 13.6. The van der Waals surface area contributed by atoms with Gasteiger partial charge in [0.2, 0.25) is 0 Å². The van der Waals surface area contributed by atoms with Crippen LogP contribution in [0.1, 0.15) is 37.7 Å². The van der Waals surface area contributed by atoms with E-state index >= 15 is 0 Å². The second-order valence-electron chi connectivity index (χ2n) is 4.74. The minimum absolute atomic E-state index is 0. The molecule has 1 aliphatic carbocycles. The Bertz CT molecular complexity index is 436. The van der Waals surface area contributed by atoms with Gasteiger partial charge in [-0.2, -0.15) is 0 Å². The Hall–Kier alpha value is -0.850. The van der Waals surface area contributed by atoms with Crippen LogP contribution in [0.2, 0.25) is 0 Å². The lowest BCUT2D eigenvalue weighted by atomic mass is 10.1. The van der Waals surface area contributed by atoms with Gasteiger partial charge in [-0.15, -0.1) is 24.0 Å². The first kappa shape index (κ1) is 16.2. The van der Waals surface area contributed by atoms with Crippen LogP contribution in [0.3, 0.4) is 0 Å². The average molecular weight is 377 g/mol. The predicted octanol–water partition coefficient (Wildman–Crippen LogP) is 3.00. The molecular weight excluding hydrogens is 356 g/mol. The van der Waals surface area contributed by atoms with Crippen molar-refractivity contribution >= 4 is 29.9 Å². The number of unbranched alkanes of at least 4 members (excludes halogenated alkanes) is 1. The van der Waals surface area contributed by atoms with Crippen molar-refractivity contribution in [1.29, 1.82) is 0 Å². The number of guanidine groups is 1. The molecule has 106 valence electrons. The van der Waals surface area contributed by atoms with Crippen LogP contribution in [0.15, 0.2) is 29.3 Å². The van der Waals surface area contributed by atoms with Gasteiger partial charge in [0.1, 0.15) is 5.82 Å². The summed E-state index contributed by atoms with van der Waals surface area (Å²) in [6, 6.07) is 7.15. The molecule has 1 aliphatic rings. The first-order chi connectivity index (χ1) is 8.72. The van der Waals surface area contributed by atoms with Crippen molar-refractivity contribution in [2.75, 3.05) is 6.54 Å². The number of hydrogen-bond acceptors (Lipinski definition) is 1. The molecule has 0 heterocycles. The van der Waals surface area contributed by atoms with E-state index in [0.29, 0.717) is 5.96 Å². The minimum Gasteiger partial charge on any atom is -0.370 e. The van der Waals surface area contributed by atoms with Gasteiger partial charge in [0.15, 0.2) is 5.96 Å². The molecule has 0 aliphatic heterocycles. The summed E-state index contributed by atoms with van der Waals surface area (Å²) >= 11 is 0. The highest BCUT2D eigenvalue weighted by atomic mass is 127. The third kappa shape index (κ3) is 4.63. The topological polar surface area (TPSA) is 50.4 Å². The van der Waals surface area contributed by atoms with Gasteiger partial charge in [0.05, 0.1) is 0 Å². The van der Waals surface area contributed by atoms with Crippen LogP contribution in [0.5, 0.6) is 0 Å². The summed E-state index contributed by atoms with van der Waals surface area (Å²) in [6.45, 7) is 2.88. The molecular formula is C14H21FIN3. The highest BCUT2D eigenvalue weighted by Crippen LogP contribution is 2.41. The normalized spacial score (nSPS) is 21.7. The number of nitrogens with one attached hydrogen (secondary N) is 1. The summed E-state index contributed by atoms with van der Waals surface area (Å²) in [4.78, 5) is 4.23. The molecule has 1 saturated carbocycles. The van der Waals surface area contributed by atoms with E-state index in [1.165, 1.54) is 6.07 Å². The quantitative estimate of drug-likeness (QED) is 0.359. The van der Waals surface area contributed by atoms with E-state index in [2.05, 4.69) is 17.2 Å². The first-order valence-corrected chi connectivity index (χ1v) is 6.53. The van der Waals surface area contributed by atoms with Gasteiger partial charge < -0.3 is 11.1 Å². The Kier molecular flexibility index (Phi) is 6.54. The molecule has 2 unspecified atom stereocenters. The van der Waals surface area contributed by atoms with E-state index in [1.807, 2.05) is 12.1 Å². The van der Waals surface area contributed by atoms with Crippen molar-refractivity contribution in [3.05, 3.63) is 35.6 Å². The Morgan fingerprint density at radius 1 is 1.47 bits per heavy atom. The van der Waals surface area contributed by atoms with Gasteiger partial charge in [-0.05, 0) is 24.5 Å². The van der Waals surface area contributed by atoms with Crippen LogP contribution >= 0.6 is 24.0 Å². The lowest BCUT2D eigenvalue weighted by Crippen LogP contribution is -2.34. The van der Waals surface area contributed by atoms with Crippen LogP contribution < -0.4 is 11.1 Å². The first-order valence-electron chi connectivity index (χ1n) is 6.53. The summed E-state index contributed by atoms with van der Waals surface area (Å²) in [5, 5.41) is 3.15. The fourth-order valence-electron chi connectivity index (χ4n) is 2.07. The maximum absolute atomic E-state index is 13.6. The zero-order chi connectivity index (χ0) is 13.0. The van der Waals surface area contributed by atoms with Crippen molar-refractivity contribution in [2.24, 2.45) is 10.7 Å². The Morgan fingerprint density at radius 3 is 2.89 bits per heavy atom. The molecule has 2 rings (SSSR count). The van der Waals surface area contributed by atoms with E-state index in [4.69, 9.17) is 5.73 Å². The molecule has 0 saturated heterocycles. The second kappa shape index (κ2) is 7.67. The van der Waals surface area contributed by atoms with Crippen molar-refractivity contribution in [3.8, 4) is 0 Å². The van der Waals surface area contributed by atoms with Crippen molar-refractivity contribution in [3.63, 3.8) is 0 Å². The molecule has 19 heavy (non-hydrogen) atoms. The van der Waals surface area contributed by atoms with Gasteiger partial charge in [-0.1, -0.05) is 31.5 Å². The highest BCUT2D eigenvalue weighted by molar-refractivity contribution is 14.0. The van der Waals surface area contributed by atoms with Crippen molar-refractivity contribution < 1.29 is 4.39 Å². The van der Waals surface area contributed by atoms with Gasteiger partial charge in [-0.25, -0.2) is 4.39 Å². The summed E-state index contributed by atoms with van der Waals surface area (Å²) in [5.74, 6) is 0.576. The smallest absolute Gasteiger partial charge is 0.188 e. The molecule has 0 amide bonds. The summed E-state index contributed by atoms with van der Waals surface area (Å²) in [6.07, 6.45) is 3.08. The third-order valence-electron chi connectivity index (χ3n) is 3.22. The third-order valence-corrected chi connectivity index (χ3v) is 3.22. The SMILES string of the molecule is CCCCN=C(N)NC1CC1c1ccccc1F.I. The standard InChI is InChI=1S/C14H20FN3.HI/c1-2-3-8-17-14(16)18-13-9-11(13)10-6-4-5-7-12(10)15;/h4-7,11,13H,2-3,8-9H2,1H3,(H3,16,17,18);1H. The van der Waals surface area contributed by atoms with E-state index in [9.17, 15) is 4.39 Å². The van der Waals surface area contributed by atoms with Gasteiger partial charge in [0, 0.05) is 18.5 Å². The number of halogens is 2. The Labute approximate surface area is 130 Å². The number of aliphatic imine (C=N–C) groups is 1. The highest BCUT2D eigenvalue weighted by Gasteiger charge is 2.40. The number of rotatable bonds is 5. The van der Waals surface area contributed by atoms with E-state index in [1.54, 1.807) is 6.07 Å². The van der Waals surface area contributed by atoms with E-state index in [0.717, 1.165) is 31.4 Å². The molecule has 3 nitrogen and oxygen atoms in total. The fourth-order valence-corrected chi connectivity index (χ4v) is 2.07. The van der Waals surface area contributed by atoms with Crippen LogP contribution in [-0.4, -0.2) is 18.5 Å². The maximum atomic E-state index is 13.6. The average Bonchev–Trinajstić information content (AvgIpc) is 3.09. The van der Waals surface area contributed by atoms with Crippen molar-refractivity contribution in [2.45, 2.75) is 38.1 Å². The molecule has 0 spiro atoms. The molecule has 5 heteroatoms. The lowest BCUT2D eigenvalue weighted by molar-refractivity contribution is 0.608. The fraction of sp³-hybridized carbons (Fsp3) is 0.500. The molecule has 1 aromatic carbocycles. The monoisotopic (exact) mass is 377 g/mol. The Morgan fingerprint density at radius 2 is 2.21 bits per heavy atom. The molecule has 0 aromatic heterocycles. The van der Waals surface area contributed by atoms with Crippen LogP contribution in [-0.2, 0) is 0 Å². The van der Waals surface area contributed by atoms with Crippen molar-refractivity contribution in [1.82, 2.24) is 5.32 Å². The molecule has 0 radical (unpaired) electrons. The van der Waals surface area contributed by atoms with Gasteiger partial charge in [-0.3, -0.25) is 4.99 Å². The molecule has 1 aromatic rings. The van der Waals surface area contributed by atoms with E-state index < -0.39 is 0 Å². The van der Waals surface area contributed by atoms with Gasteiger partial charge in [0.25, 0.3) is 0 Å². The predicted molar refractivity (Wildman–Crippen MR) is 87.5 cm³/mol. The zero-order valence-electron chi connectivity index (χ0n) is 11.1. The second-order valence-corrected chi connectivity index (χ2v) is 4.74. The molecule has 0 bridgehead atoms. The lowest BCUT2D eigenvalue weighted by Gasteiger charge is -2.05. The number of nitrogens with two attached hydrogens (primary N) is 1. The molecule has 3 N–H and O–H groups in total. The number of benzene rings is 1. The van der Waals surface area contributed by atoms with Crippen LogP contribution in [0.25, 0.3) is 0 Å². The zero-order valence-corrected chi connectivity index (χ0v) is 13.4. The van der Waals surface area contributed by atoms with Crippen LogP contribution in [0.4, 0.5) is 4.39 Å². The molecule has 1 fully saturated rings. The minimum atomic E-state index is -0.131. The maximum Gasteiger partial charge on any atom is 0.188 e. The summed E-state index contributed by atoms with van der Waals surface area (Å²) in [5.41, 5.74) is 6.55. The summed E-state index contributed by atoms with van der Waals surface area (Å²) in [7, 11) is 0. The largest absolute Gasteiger partial charge is 0.370 e. The number of nitrogens with zero attached hydrogens (tertiary/aromatic N) is 1.